The van der Waals surface area contributed by atoms with Gasteiger partial charge in [-0.1, -0.05) is 30.3 Å². The summed E-state index contributed by atoms with van der Waals surface area (Å²) in [5.74, 6) is 0.756. The van der Waals surface area contributed by atoms with E-state index >= 15 is 0 Å². The first-order valence-corrected chi connectivity index (χ1v) is 14.9. The maximum atomic E-state index is 14.0. The van der Waals surface area contributed by atoms with Crippen LogP contribution in [0.15, 0.2) is 60.7 Å². The molecule has 5 rings (SSSR count). The highest BCUT2D eigenvalue weighted by Gasteiger charge is 2.46. The summed E-state index contributed by atoms with van der Waals surface area (Å²) in [6, 6.07) is 19.7. The van der Waals surface area contributed by atoms with E-state index in [4.69, 9.17) is 9.47 Å². The van der Waals surface area contributed by atoms with Gasteiger partial charge in [-0.05, 0) is 93.1 Å². The smallest absolute Gasteiger partial charge is 0.254 e. The van der Waals surface area contributed by atoms with Crippen molar-refractivity contribution < 1.29 is 19.1 Å². The molecule has 0 fully saturated rings. The Balaban J connectivity index is 1.41. The summed E-state index contributed by atoms with van der Waals surface area (Å²) in [5.41, 5.74) is 5.89. The molecule has 3 aromatic carbocycles. The number of carbonyl (C=O) groups excluding carboxylic acids is 2. The number of hydrogen-bond donors (Lipinski definition) is 1. The van der Waals surface area contributed by atoms with Gasteiger partial charge in [0.05, 0.1) is 25.2 Å². The Morgan fingerprint density at radius 2 is 1.73 bits per heavy atom. The van der Waals surface area contributed by atoms with E-state index in [1.807, 2.05) is 55.1 Å². The van der Waals surface area contributed by atoms with Crippen molar-refractivity contribution in [3.05, 3.63) is 88.5 Å². The van der Waals surface area contributed by atoms with Crippen LogP contribution in [0.3, 0.4) is 0 Å². The van der Waals surface area contributed by atoms with Crippen molar-refractivity contribution in [2.45, 2.75) is 52.5 Å². The molecule has 2 aliphatic heterocycles. The standard InChI is InChI=1S/C34H41N3O4/c1-5-36(25-13-10-12-23(4)20-25)18-11-17-35-33(38)31-26-14-8-9-15-27(26)34(39)37-19-16-24-21-29(40-6-2)30(41-7-3)22-28(24)32(31)37/h8-10,12-15,20-22,31-32H,5-7,11,16-19H2,1-4H3,(H,35,38)/t31-,32+/m0/s1. The number of nitrogens with one attached hydrogen (secondary N) is 1. The zero-order valence-corrected chi connectivity index (χ0v) is 24.6. The summed E-state index contributed by atoms with van der Waals surface area (Å²) in [6.45, 7) is 12.0. The molecule has 0 saturated carbocycles. The summed E-state index contributed by atoms with van der Waals surface area (Å²) in [6.07, 6.45) is 1.52. The lowest BCUT2D eigenvalue weighted by molar-refractivity contribution is -0.124. The van der Waals surface area contributed by atoms with Gasteiger partial charge in [-0.3, -0.25) is 9.59 Å². The molecule has 3 aromatic rings. The molecule has 0 aliphatic carbocycles. The molecule has 2 heterocycles. The SMILES string of the molecule is CCOc1cc2c(cc1OCC)[C@@H]1[C@@H](C(=O)NCCCN(CC)c3cccc(C)c3)c3ccccc3C(=O)N1CC2. The third-order valence-corrected chi connectivity index (χ3v) is 8.12. The molecule has 0 unspecified atom stereocenters. The van der Waals surface area contributed by atoms with Gasteiger partial charge in [-0.25, -0.2) is 0 Å². The van der Waals surface area contributed by atoms with Gasteiger partial charge in [-0.2, -0.15) is 0 Å². The molecule has 216 valence electrons. The molecule has 1 N–H and O–H groups in total. The zero-order valence-electron chi connectivity index (χ0n) is 24.6. The molecule has 2 aliphatic rings. The fourth-order valence-corrected chi connectivity index (χ4v) is 6.24. The average Bonchev–Trinajstić information content (AvgIpc) is 2.98. The maximum Gasteiger partial charge on any atom is 0.254 e. The van der Waals surface area contributed by atoms with Gasteiger partial charge in [0.25, 0.3) is 5.91 Å². The van der Waals surface area contributed by atoms with Crippen LogP contribution in [0.1, 0.15) is 71.8 Å². The van der Waals surface area contributed by atoms with Crippen LogP contribution in [-0.4, -0.2) is 56.1 Å². The number of nitrogens with zero attached hydrogens (tertiary/aromatic N) is 2. The van der Waals surface area contributed by atoms with Gasteiger partial charge < -0.3 is 24.6 Å². The Morgan fingerprint density at radius 1 is 0.976 bits per heavy atom. The van der Waals surface area contributed by atoms with Crippen LogP contribution in [0.25, 0.3) is 0 Å². The Kier molecular flexibility index (Phi) is 8.81. The Labute approximate surface area is 243 Å². The molecule has 41 heavy (non-hydrogen) atoms. The van der Waals surface area contributed by atoms with Crippen molar-refractivity contribution in [3.63, 3.8) is 0 Å². The number of ether oxygens (including phenoxy) is 2. The van der Waals surface area contributed by atoms with E-state index in [2.05, 4.69) is 48.3 Å². The Morgan fingerprint density at radius 3 is 2.46 bits per heavy atom. The number of rotatable bonds is 11. The highest BCUT2D eigenvalue weighted by Crippen LogP contribution is 2.48. The van der Waals surface area contributed by atoms with Gasteiger partial charge in [0.1, 0.15) is 0 Å². The number of fused-ring (bicyclic) bond motifs is 4. The van der Waals surface area contributed by atoms with Crippen molar-refractivity contribution in [2.24, 2.45) is 0 Å². The predicted molar refractivity (Wildman–Crippen MR) is 162 cm³/mol. The Hall–Kier alpha value is -4.00. The van der Waals surface area contributed by atoms with Crippen LogP contribution >= 0.6 is 0 Å². The minimum Gasteiger partial charge on any atom is -0.490 e. The molecule has 0 saturated heterocycles. The van der Waals surface area contributed by atoms with Crippen LogP contribution in [0.4, 0.5) is 5.69 Å². The highest BCUT2D eigenvalue weighted by atomic mass is 16.5. The molecular weight excluding hydrogens is 514 g/mol. The highest BCUT2D eigenvalue weighted by molar-refractivity contribution is 6.01. The van der Waals surface area contributed by atoms with E-state index in [0.717, 1.165) is 36.2 Å². The summed E-state index contributed by atoms with van der Waals surface area (Å²) in [4.78, 5) is 31.9. The van der Waals surface area contributed by atoms with Crippen LogP contribution in [-0.2, 0) is 11.2 Å². The van der Waals surface area contributed by atoms with E-state index in [1.165, 1.54) is 11.3 Å². The fraction of sp³-hybridized carbons (Fsp3) is 0.412. The number of hydrogen-bond acceptors (Lipinski definition) is 5. The maximum absolute atomic E-state index is 14.0. The second-order valence-corrected chi connectivity index (χ2v) is 10.7. The number of aryl methyl sites for hydroxylation is 1. The first kappa shape index (κ1) is 28.5. The van der Waals surface area contributed by atoms with Crippen LogP contribution < -0.4 is 19.7 Å². The van der Waals surface area contributed by atoms with Crippen molar-refractivity contribution in [1.82, 2.24) is 10.2 Å². The summed E-state index contributed by atoms with van der Waals surface area (Å²) in [5, 5.41) is 3.23. The van der Waals surface area contributed by atoms with Crippen molar-refractivity contribution in [1.29, 1.82) is 0 Å². The van der Waals surface area contributed by atoms with E-state index in [1.54, 1.807) is 0 Å². The minimum atomic E-state index is -0.519. The molecule has 0 spiro atoms. The topological polar surface area (TPSA) is 71.1 Å². The van der Waals surface area contributed by atoms with E-state index in [9.17, 15) is 9.59 Å². The van der Waals surface area contributed by atoms with E-state index < -0.39 is 12.0 Å². The zero-order chi connectivity index (χ0) is 28.9. The lowest BCUT2D eigenvalue weighted by atomic mass is 9.75. The first-order valence-electron chi connectivity index (χ1n) is 14.9. The van der Waals surface area contributed by atoms with Gasteiger partial charge >= 0.3 is 0 Å². The van der Waals surface area contributed by atoms with E-state index in [0.29, 0.717) is 49.8 Å². The lowest BCUT2D eigenvalue weighted by Gasteiger charge is -2.45. The average molecular weight is 556 g/mol. The van der Waals surface area contributed by atoms with E-state index in [-0.39, 0.29) is 11.8 Å². The van der Waals surface area contributed by atoms with Crippen molar-refractivity contribution >= 4 is 17.5 Å². The summed E-state index contributed by atoms with van der Waals surface area (Å²) < 4.78 is 11.8. The van der Waals surface area contributed by atoms with Crippen LogP contribution in [0.5, 0.6) is 11.5 Å². The van der Waals surface area contributed by atoms with Gasteiger partial charge in [0.15, 0.2) is 11.5 Å². The molecule has 0 radical (unpaired) electrons. The summed E-state index contributed by atoms with van der Waals surface area (Å²) in [7, 11) is 0. The van der Waals surface area contributed by atoms with Crippen molar-refractivity contribution in [3.8, 4) is 11.5 Å². The van der Waals surface area contributed by atoms with Gasteiger partial charge in [0.2, 0.25) is 5.91 Å². The molecule has 2 amide bonds. The molecule has 0 bridgehead atoms. The van der Waals surface area contributed by atoms with Gasteiger partial charge in [0, 0.05) is 37.4 Å². The second-order valence-electron chi connectivity index (χ2n) is 10.7. The largest absolute Gasteiger partial charge is 0.490 e. The normalized spacial score (nSPS) is 17.3. The molecule has 0 aromatic heterocycles. The van der Waals surface area contributed by atoms with Crippen LogP contribution in [0, 0.1) is 6.92 Å². The third-order valence-electron chi connectivity index (χ3n) is 8.12. The lowest BCUT2D eigenvalue weighted by Crippen LogP contribution is -2.50. The molecule has 2 atom stereocenters. The monoisotopic (exact) mass is 555 g/mol. The molecule has 7 heteroatoms. The molecule has 7 nitrogen and oxygen atoms in total. The van der Waals surface area contributed by atoms with Gasteiger partial charge in [-0.15, -0.1) is 0 Å². The fourth-order valence-electron chi connectivity index (χ4n) is 6.24. The van der Waals surface area contributed by atoms with Crippen LogP contribution in [0.2, 0.25) is 0 Å². The Bertz CT molecular complexity index is 1400. The second kappa shape index (κ2) is 12.7. The number of anilines is 1. The predicted octanol–water partition coefficient (Wildman–Crippen LogP) is 5.66. The van der Waals surface area contributed by atoms with Crippen molar-refractivity contribution in [2.75, 3.05) is 44.3 Å². The number of amides is 2. The third kappa shape index (κ3) is 5.76. The summed E-state index contributed by atoms with van der Waals surface area (Å²) >= 11 is 0. The quantitative estimate of drug-likeness (QED) is 0.309. The number of benzene rings is 3. The number of carbonyl (C=O) groups is 2. The first-order chi connectivity index (χ1) is 20.0. The minimum absolute atomic E-state index is 0.0242. The molecular formula is C34H41N3O4.